The lowest BCUT2D eigenvalue weighted by molar-refractivity contribution is -0.137. The molecule has 0 saturated carbocycles. The third-order valence-electron chi connectivity index (χ3n) is 3.25. The summed E-state index contributed by atoms with van der Waals surface area (Å²) in [6.45, 7) is 1.98. The van der Waals surface area contributed by atoms with Gasteiger partial charge < -0.3 is 0 Å². The second kappa shape index (κ2) is 6.41. The van der Waals surface area contributed by atoms with Gasteiger partial charge in [0.15, 0.2) is 0 Å². The molecule has 0 aliphatic heterocycles. The maximum Gasteiger partial charge on any atom is 0.416 e. The van der Waals surface area contributed by atoms with E-state index in [-0.39, 0.29) is 5.38 Å². The molecule has 0 heterocycles. The van der Waals surface area contributed by atoms with Crippen molar-refractivity contribution < 1.29 is 13.2 Å². The number of hydrogen-bond acceptors (Lipinski definition) is 0. The van der Waals surface area contributed by atoms with Crippen molar-refractivity contribution in [3.63, 3.8) is 0 Å². The Morgan fingerprint density at radius 2 is 1.71 bits per heavy atom. The second-order valence-corrected chi connectivity index (χ2v) is 6.26. The van der Waals surface area contributed by atoms with E-state index in [1.165, 1.54) is 12.1 Å². The van der Waals surface area contributed by atoms with Gasteiger partial charge in [-0.3, -0.25) is 0 Å². The smallest absolute Gasteiger partial charge is 0.166 e. The zero-order valence-electron chi connectivity index (χ0n) is 11.2. The van der Waals surface area contributed by atoms with Gasteiger partial charge in [0.1, 0.15) is 0 Å². The molecular formula is C16H13BrClF3. The summed E-state index contributed by atoms with van der Waals surface area (Å²) in [5.74, 6) is 0. The van der Waals surface area contributed by atoms with Gasteiger partial charge in [-0.05, 0) is 48.2 Å². The highest BCUT2D eigenvalue weighted by Gasteiger charge is 2.29. The van der Waals surface area contributed by atoms with Crippen LogP contribution in [0.4, 0.5) is 13.2 Å². The van der Waals surface area contributed by atoms with E-state index in [4.69, 9.17) is 11.6 Å². The molecule has 2 aromatic rings. The van der Waals surface area contributed by atoms with Crippen LogP contribution in [-0.4, -0.2) is 0 Å². The molecule has 0 aliphatic rings. The summed E-state index contributed by atoms with van der Waals surface area (Å²) in [5, 5.41) is -0.279. The van der Waals surface area contributed by atoms with E-state index in [1.807, 2.05) is 25.1 Å². The third kappa shape index (κ3) is 4.24. The molecule has 0 spiro atoms. The average Bonchev–Trinajstić information content (AvgIpc) is 2.41. The summed E-state index contributed by atoms with van der Waals surface area (Å²) in [7, 11) is 0. The van der Waals surface area contributed by atoms with Crippen LogP contribution in [0.1, 0.15) is 27.6 Å². The molecule has 0 saturated heterocycles. The van der Waals surface area contributed by atoms with E-state index in [1.54, 1.807) is 0 Å². The minimum Gasteiger partial charge on any atom is -0.166 e. The summed E-state index contributed by atoms with van der Waals surface area (Å²) in [5.41, 5.74) is 2.18. The molecule has 0 aliphatic carbocycles. The van der Waals surface area contributed by atoms with Gasteiger partial charge in [0, 0.05) is 4.47 Å². The quantitative estimate of drug-likeness (QED) is 0.551. The Morgan fingerprint density at radius 1 is 1.10 bits per heavy atom. The fourth-order valence-corrected chi connectivity index (χ4v) is 2.67. The first kappa shape index (κ1) is 16.4. The van der Waals surface area contributed by atoms with Crippen LogP contribution >= 0.6 is 27.5 Å². The summed E-state index contributed by atoms with van der Waals surface area (Å²) < 4.78 is 38.5. The van der Waals surface area contributed by atoms with Gasteiger partial charge in [-0.15, -0.1) is 11.6 Å². The van der Waals surface area contributed by atoms with Crippen molar-refractivity contribution in [2.45, 2.75) is 24.9 Å². The fraction of sp³-hybridized carbons (Fsp3) is 0.250. The van der Waals surface area contributed by atoms with Crippen LogP contribution in [0.25, 0.3) is 0 Å². The molecular weight excluding hydrogens is 365 g/mol. The Hall–Kier alpha value is -1.00. The maximum absolute atomic E-state index is 12.5. The number of hydrogen-bond donors (Lipinski definition) is 0. The Morgan fingerprint density at radius 3 is 2.24 bits per heavy atom. The zero-order valence-corrected chi connectivity index (χ0v) is 13.6. The van der Waals surface area contributed by atoms with Gasteiger partial charge in [0.25, 0.3) is 0 Å². The average molecular weight is 378 g/mol. The number of alkyl halides is 4. The number of halogens is 5. The fourth-order valence-electron chi connectivity index (χ4n) is 1.96. The van der Waals surface area contributed by atoms with E-state index in [2.05, 4.69) is 15.9 Å². The first-order valence-corrected chi connectivity index (χ1v) is 7.56. The van der Waals surface area contributed by atoms with Gasteiger partial charge in [-0.25, -0.2) is 0 Å². The molecule has 1 unspecified atom stereocenters. The third-order valence-corrected chi connectivity index (χ3v) is 4.51. The van der Waals surface area contributed by atoms with E-state index in [9.17, 15) is 13.2 Å². The maximum atomic E-state index is 12.5. The van der Waals surface area contributed by atoms with Gasteiger partial charge >= 0.3 is 6.18 Å². The number of benzene rings is 2. The molecule has 21 heavy (non-hydrogen) atoms. The summed E-state index contributed by atoms with van der Waals surface area (Å²) >= 11 is 9.80. The van der Waals surface area contributed by atoms with Gasteiger partial charge in [-0.2, -0.15) is 13.2 Å². The molecule has 5 heteroatoms. The summed E-state index contributed by atoms with van der Waals surface area (Å²) in [6, 6.07) is 11.0. The lowest BCUT2D eigenvalue weighted by atomic mass is 10.0. The number of rotatable bonds is 3. The highest BCUT2D eigenvalue weighted by molar-refractivity contribution is 9.10. The predicted octanol–water partition coefficient (Wildman–Crippen LogP) is 6.30. The van der Waals surface area contributed by atoms with Crippen molar-refractivity contribution in [3.8, 4) is 0 Å². The lowest BCUT2D eigenvalue weighted by Crippen LogP contribution is -2.05. The SMILES string of the molecule is Cc1ccc(C(Cl)Cc2ccc(C(F)(F)F)cc2)cc1Br. The minimum absolute atomic E-state index is 0.279. The molecule has 0 fully saturated rings. The Labute approximate surface area is 135 Å². The lowest BCUT2D eigenvalue weighted by Gasteiger charge is -2.12. The van der Waals surface area contributed by atoms with Crippen LogP contribution in [0.3, 0.4) is 0 Å². The minimum atomic E-state index is -4.30. The van der Waals surface area contributed by atoms with Crippen molar-refractivity contribution in [1.82, 2.24) is 0 Å². The zero-order chi connectivity index (χ0) is 15.6. The Bertz CT molecular complexity index is 620. The normalized spacial score (nSPS) is 13.2. The monoisotopic (exact) mass is 376 g/mol. The molecule has 112 valence electrons. The van der Waals surface area contributed by atoms with Gasteiger partial charge in [-0.1, -0.05) is 40.2 Å². The first-order valence-electron chi connectivity index (χ1n) is 6.33. The molecule has 0 N–H and O–H groups in total. The molecule has 0 radical (unpaired) electrons. The highest BCUT2D eigenvalue weighted by Crippen LogP contribution is 2.31. The van der Waals surface area contributed by atoms with Gasteiger partial charge in [0.05, 0.1) is 10.9 Å². The van der Waals surface area contributed by atoms with Crippen LogP contribution in [0, 0.1) is 6.92 Å². The molecule has 0 bridgehead atoms. The van der Waals surface area contributed by atoms with Crippen LogP contribution in [0.5, 0.6) is 0 Å². The largest absolute Gasteiger partial charge is 0.416 e. The van der Waals surface area contributed by atoms with Crippen molar-refractivity contribution in [2.24, 2.45) is 0 Å². The van der Waals surface area contributed by atoms with Crippen LogP contribution in [0.15, 0.2) is 46.9 Å². The highest BCUT2D eigenvalue weighted by atomic mass is 79.9. The van der Waals surface area contributed by atoms with Crippen molar-refractivity contribution in [3.05, 3.63) is 69.2 Å². The Balaban J connectivity index is 2.12. The molecule has 1 atom stereocenters. The summed E-state index contributed by atoms with van der Waals surface area (Å²) in [6.07, 6.45) is -3.82. The number of aryl methyl sites for hydroxylation is 1. The second-order valence-electron chi connectivity index (χ2n) is 4.87. The molecule has 2 rings (SSSR count). The van der Waals surface area contributed by atoms with Crippen molar-refractivity contribution in [2.75, 3.05) is 0 Å². The topological polar surface area (TPSA) is 0 Å². The van der Waals surface area contributed by atoms with E-state index >= 15 is 0 Å². The first-order chi connectivity index (χ1) is 9.77. The molecule has 0 aromatic heterocycles. The van der Waals surface area contributed by atoms with E-state index < -0.39 is 11.7 Å². The molecule has 0 nitrogen and oxygen atoms in total. The van der Waals surface area contributed by atoms with Crippen molar-refractivity contribution in [1.29, 1.82) is 0 Å². The van der Waals surface area contributed by atoms with Crippen LogP contribution in [-0.2, 0) is 12.6 Å². The van der Waals surface area contributed by atoms with E-state index in [0.717, 1.165) is 33.3 Å². The van der Waals surface area contributed by atoms with Crippen molar-refractivity contribution >= 4 is 27.5 Å². The molecule has 0 amide bonds. The summed E-state index contributed by atoms with van der Waals surface area (Å²) in [4.78, 5) is 0. The van der Waals surface area contributed by atoms with Crippen LogP contribution in [0.2, 0.25) is 0 Å². The van der Waals surface area contributed by atoms with Gasteiger partial charge in [0.2, 0.25) is 0 Å². The Kier molecular flexibility index (Phi) is 4.99. The molecule has 2 aromatic carbocycles. The van der Waals surface area contributed by atoms with E-state index in [0.29, 0.717) is 6.42 Å². The standard InChI is InChI=1S/C16H13BrClF3/c1-10-2-5-12(9-14(10)17)15(18)8-11-3-6-13(7-4-11)16(19,20)21/h2-7,9,15H,8H2,1H3. The van der Waals surface area contributed by atoms with Crippen LogP contribution < -0.4 is 0 Å². The predicted molar refractivity (Wildman–Crippen MR) is 82.6 cm³/mol.